The molecular formula is C14H16O2. The van der Waals surface area contributed by atoms with E-state index in [0.29, 0.717) is 0 Å². The Hall–Kier alpha value is -1.57. The van der Waals surface area contributed by atoms with Gasteiger partial charge in [-0.1, -0.05) is 29.8 Å². The average molecular weight is 216 g/mol. The molecule has 1 aliphatic carbocycles. The van der Waals surface area contributed by atoms with Gasteiger partial charge in [0.15, 0.2) is 0 Å². The average Bonchev–Trinajstić information content (AvgIpc) is 2.52. The summed E-state index contributed by atoms with van der Waals surface area (Å²) in [4.78, 5) is 11.2. The SMILES string of the molecule is COC(=O)C=C1CCc2ccccc2CC1. The Balaban J connectivity index is 2.13. The minimum absolute atomic E-state index is 0.235. The fourth-order valence-electron chi connectivity index (χ4n) is 2.13. The van der Waals surface area contributed by atoms with Gasteiger partial charge >= 0.3 is 5.97 Å². The first kappa shape index (κ1) is 10.9. The van der Waals surface area contributed by atoms with Crippen LogP contribution in [0.15, 0.2) is 35.9 Å². The molecule has 0 N–H and O–H groups in total. The van der Waals surface area contributed by atoms with Gasteiger partial charge in [0, 0.05) is 6.08 Å². The van der Waals surface area contributed by atoms with Gasteiger partial charge in [0.1, 0.15) is 0 Å². The van der Waals surface area contributed by atoms with Crippen LogP contribution in [0.3, 0.4) is 0 Å². The topological polar surface area (TPSA) is 26.3 Å². The van der Waals surface area contributed by atoms with Gasteiger partial charge < -0.3 is 4.74 Å². The molecule has 1 aliphatic rings. The molecule has 0 atom stereocenters. The molecule has 1 aromatic rings. The minimum Gasteiger partial charge on any atom is -0.466 e. The molecule has 0 saturated heterocycles. The van der Waals surface area contributed by atoms with E-state index in [0.717, 1.165) is 25.7 Å². The zero-order chi connectivity index (χ0) is 11.4. The van der Waals surface area contributed by atoms with Crippen LogP contribution in [0.25, 0.3) is 0 Å². The van der Waals surface area contributed by atoms with Crippen molar-refractivity contribution in [3.05, 3.63) is 47.0 Å². The van der Waals surface area contributed by atoms with Crippen molar-refractivity contribution in [1.29, 1.82) is 0 Å². The molecule has 0 fully saturated rings. The minimum atomic E-state index is -0.235. The van der Waals surface area contributed by atoms with Crippen LogP contribution in [-0.2, 0) is 22.4 Å². The molecule has 0 aromatic heterocycles. The molecule has 0 unspecified atom stereocenters. The number of aryl methyl sites for hydroxylation is 2. The number of methoxy groups -OCH3 is 1. The molecule has 0 amide bonds. The summed E-state index contributed by atoms with van der Waals surface area (Å²) >= 11 is 0. The highest BCUT2D eigenvalue weighted by Crippen LogP contribution is 2.23. The number of benzene rings is 1. The highest BCUT2D eigenvalue weighted by atomic mass is 16.5. The van der Waals surface area contributed by atoms with E-state index in [4.69, 9.17) is 0 Å². The molecule has 84 valence electrons. The Bertz CT molecular complexity index is 389. The summed E-state index contributed by atoms with van der Waals surface area (Å²) in [6.07, 6.45) is 5.63. The standard InChI is InChI=1S/C14H16O2/c1-16-14(15)10-11-6-8-12-4-2-3-5-13(12)9-7-11/h2-5,10H,6-9H2,1H3. The number of esters is 1. The van der Waals surface area contributed by atoms with E-state index < -0.39 is 0 Å². The van der Waals surface area contributed by atoms with E-state index in [1.807, 2.05) is 0 Å². The molecule has 2 heteroatoms. The number of carbonyl (C=O) groups excluding carboxylic acids is 1. The Morgan fingerprint density at radius 3 is 2.19 bits per heavy atom. The predicted octanol–water partition coefficient (Wildman–Crippen LogP) is 2.66. The third-order valence-electron chi connectivity index (χ3n) is 3.07. The van der Waals surface area contributed by atoms with E-state index in [2.05, 4.69) is 29.0 Å². The number of hydrogen-bond acceptors (Lipinski definition) is 2. The molecule has 0 bridgehead atoms. The second-order valence-corrected chi connectivity index (χ2v) is 4.09. The molecule has 0 saturated carbocycles. The van der Waals surface area contributed by atoms with Crippen LogP contribution in [0.1, 0.15) is 24.0 Å². The Morgan fingerprint density at radius 1 is 1.12 bits per heavy atom. The summed E-state index contributed by atoms with van der Waals surface area (Å²) in [5.41, 5.74) is 4.02. The van der Waals surface area contributed by atoms with Crippen LogP contribution in [0, 0.1) is 0 Å². The Kier molecular flexibility index (Phi) is 3.40. The van der Waals surface area contributed by atoms with Crippen molar-refractivity contribution in [2.24, 2.45) is 0 Å². The van der Waals surface area contributed by atoms with Gasteiger partial charge in [-0.2, -0.15) is 0 Å². The lowest BCUT2D eigenvalue weighted by Gasteiger charge is -2.02. The van der Waals surface area contributed by atoms with Gasteiger partial charge in [-0.3, -0.25) is 0 Å². The fraction of sp³-hybridized carbons (Fsp3) is 0.357. The third kappa shape index (κ3) is 2.51. The summed E-state index contributed by atoms with van der Waals surface area (Å²) in [6.45, 7) is 0. The lowest BCUT2D eigenvalue weighted by Crippen LogP contribution is -1.97. The van der Waals surface area contributed by atoms with Crippen molar-refractivity contribution in [2.45, 2.75) is 25.7 Å². The zero-order valence-corrected chi connectivity index (χ0v) is 9.53. The van der Waals surface area contributed by atoms with E-state index in [-0.39, 0.29) is 5.97 Å². The van der Waals surface area contributed by atoms with Crippen LogP contribution in [0.5, 0.6) is 0 Å². The quantitative estimate of drug-likeness (QED) is 0.410. The molecule has 0 spiro atoms. The third-order valence-corrected chi connectivity index (χ3v) is 3.07. The van der Waals surface area contributed by atoms with Gasteiger partial charge in [0.2, 0.25) is 0 Å². The molecular weight excluding hydrogens is 200 g/mol. The highest BCUT2D eigenvalue weighted by Gasteiger charge is 2.11. The van der Waals surface area contributed by atoms with Crippen LogP contribution in [0.4, 0.5) is 0 Å². The van der Waals surface area contributed by atoms with Crippen molar-refractivity contribution in [3.8, 4) is 0 Å². The van der Waals surface area contributed by atoms with Crippen LogP contribution in [0.2, 0.25) is 0 Å². The largest absolute Gasteiger partial charge is 0.466 e. The molecule has 2 rings (SSSR count). The van der Waals surface area contributed by atoms with E-state index in [1.54, 1.807) is 6.08 Å². The number of hydrogen-bond donors (Lipinski definition) is 0. The first-order chi connectivity index (χ1) is 7.79. The van der Waals surface area contributed by atoms with Crippen LogP contribution >= 0.6 is 0 Å². The van der Waals surface area contributed by atoms with Gasteiger partial charge in [0.25, 0.3) is 0 Å². The van der Waals surface area contributed by atoms with Gasteiger partial charge in [-0.05, 0) is 36.8 Å². The maximum atomic E-state index is 11.2. The summed E-state index contributed by atoms with van der Waals surface area (Å²) in [5, 5.41) is 0. The normalized spacial score (nSPS) is 14.9. The smallest absolute Gasteiger partial charge is 0.330 e. The van der Waals surface area contributed by atoms with Crippen molar-refractivity contribution in [3.63, 3.8) is 0 Å². The molecule has 0 radical (unpaired) electrons. The lowest BCUT2D eigenvalue weighted by atomic mass is 10.0. The number of ether oxygens (including phenoxy) is 1. The zero-order valence-electron chi connectivity index (χ0n) is 9.53. The van der Waals surface area contributed by atoms with Gasteiger partial charge in [-0.25, -0.2) is 4.79 Å². The van der Waals surface area contributed by atoms with E-state index >= 15 is 0 Å². The van der Waals surface area contributed by atoms with Gasteiger partial charge in [-0.15, -0.1) is 0 Å². The van der Waals surface area contributed by atoms with Crippen molar-refractivity contribution in [1.82, 2.24) is 0 Å². The van der Waals surface area contributed by atoms with Crippen LogP contribution < -0.4 is 0 Å². The number of carbonyl (C=O) groups is 1. The lowest BCUT2D eigenvalue weighted by molar-refractivity contribution is -0.134. The molecule has 2 nitrogen and oxygen atoms in total. The molecule has 1 aromatic carbocycles. The predicted molar refractivity (Wildman–Crippen MR) is 63.2 cm³/mol. The summed E-state index contributed by atoms with van der Waals surface area (Å²) in [7, 11) is 1.42. The molecule has 16 heavy (non-hydrogen) atoms. The van der Waals surface area contributed by atoms with Gasteiger partial charge in [0.05, 0.1) is 7.11 Å². The summed E-state index contributed by atoms with van der Waals surface area (Å²) in [6, 6.07) is 8.51. The molecule has 0 aliphatic heterocycles. The maximum Gasteiger partial charge on any atom is 0.330 e. The Labute approximate surface area is 95.9 Å². The van der Waals surface area contributed by atoms with Crippen molar-refractivity contribution >= 4 is 5.97 Å². The Morgan fingerprint density at radius 2 is 1.69 bits per heavy atom. The van der Waals surface area contributed by atoms with E-state index in [1.165, 1.54) is 23.8 Å². The summed E-state index contributed by atoms with van der Waals surface area (Å²) < 4.78 is 4.66. The first-order valence-corrected chi connectivity index (χ1v) is 5.64. The number of allylic oxidation sites excluding steroid dienone is 1. The first-order valence-electron chi connectivity index (χ1n) is 5.64. The fourth-order valence-corrected chi connectivity index (χ4v) is 2.13. The monoisotopic (exact) mass is 216 g/mol. The molecule has 0 heterocycles. The van der Waals surface area contributed by atoms with Crippen molar-refractivity contribution in [2.75, 3.05) is 7.11 Å². The second-order valence-electron chi connectivity index (χ2n) is 4.09. The number of rotatable bonds is 1. The van der Waals surface area contributed by atoms with Crippen molar-refractivity contribution < 1.29 is 9.53 Å². The number of fused-ring (bicyclic) bond motifs is 1. The second kappa shape index (κ2) is 4.97. The van der Waals surface area contributed by atoms with Crippen LogP contribution in [-0.4, -0.2) is 13.1 Å². The van der Waals surface area contributed by atoms with E-state index in [9.17, 15) is 4.79 Å². The highest BCUT2D eigenvalue weighted by molar-refractivity contribution is 5.82. The maximum absolute atomic E-state index is 11.2. The summed E-state index contributed by atoms with van der Waals surface area (Å²) in [5.74, 6) is -0.235.